The minimum Gasteiger partial charge on any atom is -0.441 e. The van der Waals surface area contributed by atoms with Crippen molar-refractivity contribution in [2.75, 3.05) is 0 Å². The van der Waals surface area contributed by atoms with Gasteiger partial charge in [0.05, 0.1) is 11.6 Å². The second-order valence-corrected chi connectivity index (χ2v) is 8.98. The lowest BCUT2D eigenvalue weighted by Gasteiger charge is -2.36. The number of halogens is 1. The molecule has 1 fully saturated rings. The molecule has 1 aliphatic heterocycles. The summed E-state index contributed by atoms with van der Waals surface area (Å²) in [6, 6.07) is 13.4. The third-order valence-corrected chi connectivity index (χ3v) is 6.41. The van der Waals surface area contributed by atoms with Crippen molar-refractivity contribution in [3.8, 4) is 11.4 Å². The first-order valence-electron chi connectivity index (χ1n) is 11.1. The number of allylic oxidation sites excluding steroid dienone is 1. The highest BCUT2D eigenvalue weighted by Gasteiger charge is 2.50. The van der Waals surface area contributed by atoms with Crippen molar-refractivity contribution in [1.29, 1.82) is 0 Å². The molecule has 7 heteroatoms. The van der Waals surface area contributed by atoms with E-state index in [1.54, 1.807) is 30.7 Å². The zero-order chi connectivity index (χ0) is 23.0. The first-order valence-corrected chi connectivity index (χ1v) is 11.1. The maximum atomic E-state index is 14.3. The third-order valence-electron chi connectivity index (χ3n) is 6.41. The molecule has 33 heavy (non-hydrogen) atoms. The maximum Gasteiger partial charge on any atom is 0.411 e. The zero-order valence-corrected chi connectivity index (χ0v) is 18.6. The summed E-state index contributed by atoms with van der Waals surface area (Å²) < 4.78 is 20.1. The normalized spacial score (nSPS) is 22.1. The number of hydrogen-bond acceptors (Lipinski definition) is 5. The molecule has 2 aromatic heterocycles. The quantitative estimate of drug-likeness (QED) is 0.491. The van der Waals surface area contributed by atoms with E-state index in [1.807, 2.05) is 49.1 Å². The van der Waals surface area contributed by atoms with Crippen LogP contribution in [0.4, 0.5) is 9.18 Å². The number of carbonyl (C=O) groups is 1. The van der Waals surface area contributed by atoms with Gasteiger partial charge < -0.3 is 4.74 Å². The van der Waals surface area contributed by atoms with Crippen molar-refractivity contribution in [1.82, 2.24) is 19.9 Å². The van der Waals surface area contributed by atoms with Gasteiger partial charge in [0.25, 0.3) is 0 Å². The number of nitrogens with zero attached hydrogens (tertiary/aromatic N) is 4. The van der Waals surface area contributed by atoms with Gasteiger partial charge in [-0.15, -0.1) is 0 Å². The van der Waals surface area contributed by atoms with Crippen LogP contribution < -0.4 is 0 Å². The summed E-state index contributed by atoms with van der Waals surface area (Å²) in [6.45, 7) is 3.92. The maximum absolute atomic E-state index is 14.3. The van der Waals surface area contributed by atoms with E-state index in [2.05, 4.69) is 21.0 Å². The molecule has 0 bridgehead atoms. The Labute approximate surface area is 192 Å². The molecule has 1 aliphatic carbocycles. The van der Waals surface area contributed by atoms with Gasteiger partial charge in [-0.25, -0.2) is 19.7 Å². The summed E-state index contributed by atoms with van der Waals surface area (Å²) in [7, 11) is 0. The molecule has 0 radical (unpaired) electrons. The zero-order valence-electron chi connectivity index (χ0n) is 18.6. The molecule has 0 N–H and O–H groups in total. The van der Waals surface area contributed by atoms with Crippen molar-refractivity contribution in [2.24, 2.45) is 0 Å². The van der Waals surface area contributed by atoms with Gasteiger partial charge in [-0.05, 0) is 61.9 Å². The predicted molar refractivity (Wildman–Crippen MR) is 122 cm³/mol. The van der Waals surface area contributed by atoms with Gasteiger partial charge >= 0.3 is 6.09 Å². The molecule has 168 valence electrons. The van der Waals surface area contributed by atoms with Gasteiger partial charge in [0.15, 0.2) is 5.82 Å². The average molecular weight is 445 g/mol. The molecule has 1 amide bonds. The summed E-state index contributed by atoms with van der Waals surface area (Å²) in [5.41, 5.74) is 2.66. The number of pyridine rings is 1. The highest BCUT2D eigenvalue weighted by Crippen LogP contribution is 2.45. The summed E-state index contributed by atoms with van der Waals surface area (Å²) >= 11 is 0. The van der Waals surface area contributed by atoms with Crippen LogP contribution in [0.15, 0.2) is 67.1 Å². The number of aromatic nitrogens is 3. The first-order chi connectivity index (χ1) is 15.9. The van der Waals surface area contributed by atoms with Crippen LogP contribution in [-0.4, -0.2) is 37.6 Å². The number of hydrogen-bond donors (Lipinski definition) is 0. The highest BCUT2D eigenvalue weighted by molar-refractivity contribution is 5.74. The lowest BCUT2D eigenvalue weighted by atomic mass is 9.86. The Morgan fingerprint density at radius 2 is 1.85 bits per heavy atom. The summed E-state index contributed by atoms with van der Waals surface area (Å²) in [5, 5.41) is 0. The van der Waals surface area contributed by atoms with Gasteiger partial charge in [0.1, 0.15) is 5.60 Å². The Morgan fingerprint density at radius 3 is 2.55 bits per heavy atom. The second-order valence-electron chi connectivity index (χ2n) is 8.98. The molecule has 1 aromatic carbocycles. The van der Waals surface area contributed by atoms with Crippen LogP contribution in [0, 0.1) is 5.95 Å². The van der Waals surface area contributed by atoms with Gasteiger partial charge in [-0.1, -0.05) is 36.4 Å². The topological polar surface area (TPSA) is 68.2 Å². The van der Waals surface area contributed by atoms with E-state index in [-0.39, 0.29) is 23.7 Å². The van der Waals surface area contributed by atoms with Crippen LogP contribution in [0.3, 0.4) is 0 Å². The Bertz CT molecular complexity index is 1200. The van der Waals surface area contributed by atoms with E-state index in [0.717, 1.165) is 29.5 Å². The number of carbonyl (C=O) groups excluding carboxylic acids is 1. The number of cyclic esters (lactones) is 1. The van der Waals surface area contributed by atoms with Crippen LogP contribution in [0.5, 0.6) is 0 Å². The molecule has 3 aromatic rings. The fourth-order valence-electron chi connectivity index (χ4n) is 4.88. The number of rotatable bonds is 4. The van der Waals surface area contributed by atoms with E-state index in [1.165, 1.54) is 0 Å². The van der Waals surface area contributed by atoms with Crippen LogP contribution in [-0.2, 0) is 4.74 Å². The smallest absolute Gasteiger partial charge is 0.411 e. The standard InChI is InChI=1S/C26H25FN4O2/c1-26(2)22(18-7-4-3-5-8-18)31(25(32)33-26)20-11-9-17(10-12-20)19-15-21(23(27)30-16-19)24-28-13-6-14-29-24/h3-9,13-16,20,22H,10-12H2,1-2H3/t20?,22-/m0/s1. The lowest BCUT2D eigenvalue weighted by molar-refractivity contribution is 0.0668. The van der Waals surface area contributed by atoms with Gasteiger partial charge in [0.2, 0.25) is 5.95 Å². The van der Waals surface area contributed by atoms with E-state index in [4.69, 9.17) is 4.74 Å². The van der Waals surface area contributed by atoms with Gasteiger partial charge in [0, 0.05) is 24.6 Å². The number of amides is 1. The van der Waals surface area contributed by atoms with Crippen molar-refractivity contribution in [2.45, 2.75) is 50.8 Å². The minimum atomic E-state index is -0.617. The molecule has 1 unspecified atom stereocenters. The van der Waals surface area contributed by atoms with Crippen LogP contribution in [0.2, 0.25) is 0 Å². The first kappa shape index (κ1) is 21.2. The fraction of sp³-hybridized carbons (Fsp3) is 0.308. The second kappa shape index (κ2) is 8.39. The Hall–Kier alpha value is -3.61. The van der Waals surface area contributed by atoms with Crippen molar-refractivity contribution >= 4 is 11.7 Å². The molecule has 1 saturated heterocycles. The van der Waals surface area contributed by atoms with E-state index in [0.29, 0.717) is 12.2 Å². The summed E-state index contributed by atoms with van der Waals surface area (Å²) in [6.07, 6.45) is 8.79. The van der Waals surface area contributed by atoms with Crippen LogP contribution >= 0.6 is 0 Å². The molecular formula is C26H25FN4O2. The number of benzene rings is 1. The van der Waals surface area contributed by atoms with E-state index in [9.17, 15) is 9.18 Å². The van der Waals surface area contributed by atoms with Crippen LogP contribution in [0.25, 0.3) is 17.0 Å². The molecule has 6 nitrogen and oxygen atoms in total. The number of ether oxygens (including phenoxy) is 1. The van der Waals surface area contributed by atoms with Crippen LogP contribution in [0.1, 0.15) is 50.3 Å². The predicted octanol–water partition coefficient (Wildman–Crippen LogP) is 5.59. The Morgan fingerprint density at radius 1 is 1.09 bits per heavy atom. The monoisotopic (exact) mass is 444 g/mol. The van der Waals surface area contributed by atoms with Crippen molar-refractivity contribution in [3.63, 3.8) is 0 Å². The summed E-state index contributed by atoms with van der Waals surface area (Å²) in [4.78, 5) is 27.0. The Balaban J connectivity index is 1.41. The average Bonchev–Trinajstić information content (AvgIpc) is 3.08. The molecule has 3 heterocycles. The largest absolute Gasteiger partial charge is 0.441 e. The molecule has 2 aliphatic rings. The van der Waals surface area contributed by atoms with Crippen molar-refractivity contribution in [3.05, 3.63) is 84.2 Å². The third kappa shape index (κ3) is 3.99. The molecule has 0 saturated carbocycles. The van der Waals surface area contributed by atoms with Gasteiger partial charge in [-0.2, -0.15) is 4.39 Å². The molecule has 2 atom stereocenters. The van der Waals surface area contributed by atoms with E-state index >= 15 is 0 Å². The minimum absolute atomic E-state index is 0.0264. The lowest BCUT2D eigenvalue weighted by Crippen LogP contribution is -2.41. The van der Waals surface area contributed by atoms with Crippen molar-refractivity contribution < 1.29 is 13.9 Å². The highest BCUT2D eigenvalue weighted by atomic mass is 19.1. The SMILES string of the molecule is CC1(C)OC(=O)N(C2CC=C(c3cnc(F)c(-c4ncccn4)c3)CC2)[C@H]1c1ccccc1. The Kier molecular flexibility index (Phi) is 5.40. The molecule has 5 rings (SSSR count). The molecule has 0 spiro atoms. The van der Waals surface area contributed by atoms with Gasteiger partial charge in [-0.3, -0.25) is 4.90 Å². The molecular weight excluding hydrogens is 419 g/mol. The fourth-order valence-corrected chi connectivity index (χ4v) is 4.88. The van der Waals surface area contributed by atoms with E-state index < -0.39 is 11.5 Å². The summed E-state index contributed by atoms with van der Waals surface area (Å²) in [5.74, 6) is -0.279.